The summed E-state index contributed by atoms with van der Waals surface area (Å²) in [5.41, 5.74) is 5.85. The van der Waals surface area contributed by atoms with Gasteiger partial charge in [0.2, 0.25) is 0 Å². The van der Waals surface area contributed by atoms with E-state index >= 15 is 0 Å². The zero-order chi connectivity index (χ0) is 14.9. The molecule has 1 aromatic carbocycles. The summed E-state index contributed by atoms with van der Waals surface area (Å²) in [6.07, 6.45) is 5.30. The van der Waals surface area contributed by atoms with Crippen LogP contribution in [-0.2, 0) is 6.54 Å². The van der Waals surface area contributed by atoms with Crippen molar-refractivity contribution in [2.75, 3.05) is 5.73 Å². The molecule has 0 atom stereocenters. The van der Waals surface area contributed by atoms with Gasteiger partial charge in [-0.1, -0.05) is 25.8 Å². The Morgan fingerprint density at radius 1 is 1.35 bits per heavy atom. The van der Waals surface area contributed by atoms with Crippen LogP contribution < -0.4 is 5.73 Å². The van der Waals surface area contributed by atoms with Gasteiger partial charge in [0.25, 0.3) is 0 Å². The fraction of sp³-hybridized carbons (Fsp3) is 0.267. The number of nitrogens with zero attached hydrogens (tertiary/aromatic N) is 2. The maximum absolute atomic E-state index is 13.9. The Hall–Kier alpha value is -2.35. The first kappa shape index (κ1) is 14.1. The molecule has 0 aliphatic carbocycles. The van der Waals surface area contributed by atoms with E-state index in [1.807, 2.05) is 13.8 Å². The third kappa shape index (κ3) is 2.25. The average molecular weight is 275 g/mol. The van der Waals surface area contributed by atoms with Crippen LogP contribution >= 0.6 is 0 Å². The second-order valence-electron chi connectivity index (χ2n) is 4.75. The van der Waals surface area contributed by atoms with Gasteiger partial charge in [0, 0.05) is 5.92 Å². The molecule has 0 saturated heterocycles. The molecule has 2 aromatic rings. The summed E-state index contributed by atoms with van der Waals surface area (Å²) >= 11 is 0. The standard InChI is InChI=1S/C15H15F2N3/c1-4-8-20-14(18)13(19-15(20)9(2)3)12-10(16)6-5-7-11(12)17/h1,5-7,9H,8,18H2,2-3H3. The van der Waals surface area contributed by atoms with E-state index in [-0.39, 0.29) is 29.5 Å². The highest BCUT2D eigenvalue weighted by molar-refractivity contribution is 5.72. The number of benzene rings is 1. The molecule has 1 aromatic heterocycles. The van der Waals surface area contributed by atoms with Crippen LogP contribution in [0.3, 0.4) is 0 Å². The number of nitrogens with two attached hydrogens (primary N) is 1. The molecule has 0 spiro atoms. The molecule has 104 valence electrons. The molecule has 1 heterocycles. The van der Waals surface area contributed by atoms with E-state index in [0.29, 0.717) is 5.82 Å². The van der Waals surface area contributed by atoms with Crippen LogP contribution in [0.1, 0.15) is 25.6 Å². The summed E-state index contributed by atoms with van der Waals surface area (Å²) in [6, 6.07) is 3.65. The molecule has 0 saturated carbocycles. The third-order valence-corrected chi connectivity index (χ3v) is 3.00. The molecule has 2 N–H and O–H groups in total. The van der Waals surface area contributed by atoms with Crippen molar-refractivity contribution in [2.45, 2.75) is 26.3 Å². The van der Waals surface area contributed by atoms with Gasteiger partial charge in [-0.3, -0.25) is 0 Å². The molecule has 0 unspecified atom stereocenters. The largest absolute Gasteiger partial charge is 0.383 e. The van der Waals surface area contributed by atoms with Gasteiger partial charge < -0.3 is 10.3 Å². The number of rotatable bonds is 3. The molecule has 0 aliphatic heterocycles. The number of terminal acetylenes is 1. The molecule has 0 aliphatic rings. The number of halogens is 2. The summed E-state index contributed by atoms with van der Waals surface area (Å²) in [5, 5.41) is 0. The predicted molar refractivity (Wildman–Crippen MR) is 74.9 cm³/mol. The molecular formula is C15H15F2N3. The van der Waals surface area contributed by atoms with E-state index in [9.17, 15) is 8.78 Å². The molecule has 0 bridgehead atoms. The Morgan fingerprint density at radius 3 is 2.45 bits per heavy atom. The first-order valence-electron chi connectivity index (χ1n) is 6.21. The van der Waals surface area contributed by atoms with Crippen LogP contribution in [0, 0.1) is 24.0 Å². The molecule has 5 heteroatoms. The van der Waals surface area contributed by atoms with E-state index in [0.717, 1.165) is 0 Å². The lowest BCUT2D eigenvalue weighted by molar-refractivity contribution is 0.589. The third-order valence-electron chi connectivity index (χ3n) is 3.00. The fourth-order valence-electron chi connectivity index (χ4n) is 2.09. The average Bonchev–Trinajstić information content (AvgIpc) is 2.69. The Morgan fingerprint density at radius 2 is 1.95 bits per heavy atom. The van der Waals surface area contributed by atoms with E-state index in [1.54, 1.807) is 4.57 Å². The van der Waals surface area contributed by atoms with Crippen molar-refractivity contribution < 1.29 is 8.78 Å². The molecule has 3 nitrogen and oxygen atoms in total. The minimum absolute atomic E-state index is 0.0363. The van der Waals surface area contributed by atoms with Gasteiger partial charge >= 0.3 is 0 Å². The highest BCUT2D eigenvalue weighted by Crippen LogP contribution is 2.32. The molecule has 0 fully saturated rings. The lowest BCUT2D eigenvalue weighted by atomic mass is 10.1. The number of hydrogen-bond acceptors (Lipinski definition) is 2. The predicted octanol–water partition coefficient (Wildman–Crippen LogP) is 3.17. The van der Waals surface area contributed by atoms with Crippen LogP contribution in [0.5, 0.6) is 0 Å². The smallest absolute Gasteiger partial charge is 0.135 e. The van der Waals surface area contributed by atoms with Crippen molar-refractivity contribution in [1.82, 2.24) is 9.55 Å². The molecular weight excluding hydrogens is 260 g/mol. The topological polar surface area (TPSA) is 43.8 Å². The summed E-state index contributed by atoms with van der Waals surface area (Å²) in [4.78, 5) is 4.28. The Bertz CT molecular complexity index is 661. The Kier molecular flexibility index (Phi) is 3.75. The SMILES string of the molecule is C#CCn1c(C(C)C)nc(-c2c(F)cccc2F)c1N. The molecule has 0 radical (unpaired) electrons. The van der Waals surface area contributed by atoms with E-state index in [2.05, 4.69) is 10.9 Å². The zero-order valence-corrected chi connectivity index (χ0v) is 11.3. The lowest BCUT2D eigenvalue weighted by Crippen LogP contribution is -2.07. The minimum Gasteiger partial charge on any atom is -0.383 e. The first-order valence-corrected chi connectivity index (χ1v) is 6.21. The van der Waals surface area contributed by atoms with Gasteiger partial charge in [0.1, 0.15) is 29.0 Å². The Balaban J connectivity index is 2.70. The molecule has 2 rings (SSSR count). The number of aromatic nitrogens is 2. The van der Waals surface area contributed by atoms with Crippen molar-refractivity contribution in [3.05, 3.63) is 35.7 Å². The van der Waals surface area contributed by atoms with Gasteiger partial charge in [-0.25, -0.2) is 13.8 Å². The second-order valence-corrected chi connectivity index (χ2v) is 4.75. The van der Waals surface area contributed by atoms with Crippen LogP contribution in [0.15, 0.2) is 18.2 Å². The maximum atomic E-state index is 13.9. The highest BCUT2D eigenvalue weighted by atomic mass is 19.1. The van der Waals surface area contributed by atoms with Gasteiger partial charge in [0.05, 0.1) is 12.1 Å². The highest BCUT2D eigenvalue weighted by Gasteiger charge is 2.22. The quantitative estimate of drug-likeness (QED) is 0.874. The van der Waals surface area contributed by atoms with Crippen molar-refractivity contribution in [3.63, 3.8) is 0 Å². The van der Waals surface area contributed by atoms with Crippen molar-refractivity contribution in [3.8, 4) is 23.6 Å². The van der Waals surface area contributed by atoms with E-state index in [1.165, 1.54) is 18.2 Å². The van der Waals surface area contributed by atoms with Crippen LogP contribution in [0.25, 0.3) is 11.3 Å². The minimum atomic E-state index is -0.697. The zero-order valence-electron chi connectivity index (χ0n) is 11.3. The maximum Gasteiger partial charge on any atom is 0.135 e. The summed E-state index contributed by atoms with van der Waals surface area (Å²) in [5.74, 6) is 1.90. The number of anilines is 1. The summed E-state index contributed by atoms with van der Waals surface area (Å²) in [6.45, 7) is 4.04. The van der Waals surface area contributed by atoms with Crippen LogP contribution in [-0.4, -0.2) is 9.55 Å². The van der Waals surface area contributed by atoms with Crippen molar-refractivity contribution in [1.29, 1.82) is 0 Å². The monoisotopic (exact) mass is 275 g/mol. The molecule has 0 amide bonds. The lowest BCUT2D eigenvalue weighted by Gasteiger charge is -2.08. The van der Waals surface area contributed by atoms with Gasteiger partial charge in [-0.15, -0.1) is 6.42 Å². The van der Waals surface area contributed by atoms with Crippen molar-refractivity contribution in [2.24, 2.45) is 0 Å². The van der Waals surface area contributed by atoms with Gasteiger partial charge in [-0.05, 0) is 12.1 Å². The fourth-order valence-corrected chi connectivity index (χ4v) is 2.09. The number of hydrogen-bond donors (Lipinski definition) is 1. The first-order chi connectivity index (χ1) is 9.47. The van der Waals surface area contributed by atoms with E-state index < -0.39 is 11.6 Å². The Labute approximate surface area is 116 Å². The molecule has 20 heavy (non-hydrogen) atoms. The second kappa shape index (κ2) is 5.33. The number of nitrogen functional groups attached to an aromatic ring is 1. The van der Waals surface area contributed by atoms with Gasteiger partial charge in [0.15, 0.2) is 0 Å². The summed E-state index contributed by atoms with van der Waals surface area (Å²) < 4.78 is 29.3. The summed E-state index contributed by atoms with van der Waals surface area (Å²) in [7, 11) is 0. The van der Waals surface area contributed by atoms with Crippen molar-refractivity contribution >= 4 is 5.82 Å². The van der Waals surface area contributed by atoms with Gasteiger partial charge in [-0.2, -0.15) is 0 Å². The van der Waals surface area contributed by atoms with Crippen LogP contribution in [0.2, 0.25) is 0 Å². The number of imidazole rings is 1. The van der Waals surface area contributed by atoms with Crippen LogP contribution in [0.4, 0.5) is 14.6 Å². The van der Waals surface area contributed by atoms with E-state index in [4.69, 9.17) is 12.2 Å². The normalized spacial score (nSPS) is 10.8.